The molecule has 0 atom stereocenters. The van der Waals surface area contributed by atoms with E-state index < -0.39 is 40.1 Å². The average Bonchev–Trinajstić information content (AvgIpc) is 2.33. The summed E-state index contributed by atoms with van der Waals surface area (Å²) in [5, 5.41) is 8.52. The number of nitrogens with one attached hydrogen (secondary N) is 1. The highest BCUT2D eigenvalue weighted by molar-refractivity contribution is 7.89. The number of aliphatic hydroxyl groups excluding tert-OH is 1. The van der Waals surface area contributed by atoms with Crippen molar-refractivity contribution in [3.63, 3.8) is 0 Å². The third-order valence-corrected chi connectivity index (χ3v) is 3.46. The van der Waals surface area contributed by atoms with Gasteiger partial charge in [0.25, 0.3) is 0 Å². The molecule has 1 rings (SSSR count). The van der Waals surface area contributed by atoms with Crippen molar-refractivity contribution in [2.45, 2.75) is 11.1 Å². The molecule has 0 aliphatic heterocycles. The van der Waals surface area contributed by atoms with Crippen LogP contribution in [0.2, 0.25) is 0 Å². The molecule has 0 amide bonds. The minimum Gasteiger partial charge on any atom is -0.384 e. The Balaban J connectivity index is 3.18. The first-order valence-electron chi connectivity index (χ1n) is 5.11. The van der Waals surface area contributed by atoms with Gasteiger partial charge in [-0.15, -0.1) is 0 Å². The normalized spacial score (nSPS) is 11.8. The van der Waals surface area contributed by atoms with Crippen LogP contribution in [0.5, 0.6) is 0 Å². The maximum Gasteiger partial charge on any atom is 0.402 e. The van der Waals surface area contributed by atoms with E-state index in [2.05, 4.69) is 11.8 Å². The molecule has 1 aromatic carbocycles. The van der Waals surface area contributed by atoms with Gasteiger partial charge in [-0.05, 0) is 18.2 Å². The van der Waals surface area contributed by atoms with Gasteiger partial charge in [-0.25, -0.2) is 17.5 Å². The van der Waals surface area contributed by atoms with Gasteiger partial charge >= 0.3 is 6.18 Å². The maximum absolute atomic E-state index is 13.0. The fourth-order valence-corrected chi connectivity index (χ4v) is 2.38. The topological polar surface area (TPSA) is 66.4 Å². The number of hydrogen-bond donors (Lipinski definition) is 2. The van der Waals surface area contributed by atoms with Gasteiger partial charge in [0.2, 0.25) is 10.0 Å². The summed E-state index contributed by atoms with van der Waals surface area (Å²) >= 11 is 0. The molecule has 20 heavy (non-hydrogen) atoms. The summed E-state index contributed by atoms with van der Waals surface area (Å²) in [4.78, 5) is -0.593. The van der Waals surface area contributed by atoms with E-state index in [1.54, 1.807) is 0 Å². The Bertz CT molecular complexity index is 644. The highest BCUT2D eigenvalue weighted by Gasteiger charge is 2.30. The Morgan fingerprint density at radius 2 is 1.95 bits per heavy atom. The van der Waals surface area contributed by atoms with Crippen LogP contribution in [0.4, 0.5) is 17.6 Å². The molecule has 0 unspecified atom stereocenters. The Morgan fingerprint density at radius 1 is 1.30 bits per heavy atom. The minimum atomic E-state index is -4.72. The van der Waals surface area contributed by atoms with Crippen LogP contribution in [0.1, 0.15) is 5.56 Å². The summed E-state index contributed by atoms with van der Waals surface area (Å²) in [5.74, 6) is 3.46. The van der Waals surface area contributed by atoms with E-state index in [0.717, 1.165) is 18.2 Å². The first kappa shape index (κ1) is 16.4. The van der Waals surface area contributed by atoms with Crippen LogP contribution in [0.15, 0.2) is 23.1 Å². The molecule has 0 saturated carbocycles. The third kappa shape index (κ3) is 4.80. The van der Waals surface area contributed by atoms with Gasteiger partial charge in [0.15, 0.2) is 0 Å². The molecule has 0 saturated heterocycles. The van der Waals surface area contributed by atoms with E-state index in [9.17, 15) is 26.0 Å². The van der Waals surface area contributed by atoms with Gasteiger partial charge in [-0.1, -0.05) is 11.8 Å². The van der Waals surface area contributed by atoms with E-state index in [-0.39, 0.29) is 5.56 Å². The largest absolute Gasteiger partial charge is 0.402 e. The molecule has 0 aromatic heterocycles. The van der Waals surface area contributed by atoms with Gasteiger partial charge < -0.3 is 5.11 Å². The second-order valence-electron chi connectivity index (χ2n) is 3.54. The molecule has 2 N–H and O–H groups in total. The quantitative estimate of drug-likeness (QED) is 0.647. The van der Waals surface area contributed by atoms with Crippen LogP contribution < -0.4 is 4.72 Å². The van der Waals surface area contributed by atoms with Crippen molar-refractivity contribution in [1.29, 1.82) is 0 Å². The molecule has 9 heteroatoms. The Morgan fingerprint density at radius 3 is 2.50 bits per heavy atom. The van der Waals surface area contributed by atoms with Crippen molar-refractivity contribution in [2.24, 2.45) is 0 Å². The fraction of sp³-hybridized carbons (Fsp3) is 0.273. The zero-order valence-electron chi connectivity index (χ0n) is 9.83. The van der Waals surface area contributed by atoms with E-state index in [0.29, 0.717) is 0 Å². The zero-order valence-corrected chi connectivity index (χ0v) is 10.6. The summed E-state index contributed by atoms with van der Waals surface area (Å²) in [6.07, 6.45) is -4.72. The predicted octanol–water partition coefficient (Wildman–Crippen LogP) is 1.01. The van der Waals surface area contributed by atoms with Crippen LogP contribution in [0.3, 0.4) is 0 Å². The summed E-state index contributed by atoms with van der Waals surface area (Å²) < 4.78 is 73.8. The fourth-order valence-electron chi connectivity index (χ4n) is 1.22. The molecule has 0 spiro atoms. The van der Waals surface area contributed by atoms with E-state index >= 15 is 0 Å². The summed E-state index contributed by atoms with van der Waals surface area (Å²) in [6.45, 7) is -2.36. The zero-order chi connectivity index (χ0) is 15.4. The van der Waals surface area contributed by atoms with E-state index in [1.807, 2.05) is 0 Å². The first-order valence-corrected chi connectivity index (χ1v) is 6.60. The molecular weight excluding hydrogens is 302 g/mol. The van der Waals surface area contributed by atoms with Gasteiger partial charge in [0.1, 0.15) is 19.0 Å². The number of alkyl halides is 3. The van der Waals surface area contributed by atoms with Crippen molar-refractivity contribution >= 4 is 10.0 Å². The van der Waals surface area contributed by atoms with Crippen LogP contribution in [0, 0.1) is 17.7 Å². The number of sulfonamides is 1. The monoisotopic (exact) mass is 311 g/mol. The van der Waals surface area contributed by atoms with Crippen molar-refractivity contribution in [3.8, 4) is 11.8 Å². The second kappa shape index (κ2) is 6.21. The summed E-state index contributed by atoms with van der Waals surface area (Å²) in [7, 11) is -4.49. The molecule has 0 bridgehead atoms. The lowest BCUT2D eigenvalue weighted by Gasteiger charge is -2.10. The van der Waals surface area contributed by atoms with Crippen molar-refractivity contribution in [1.82, 2.24) is 4.72 Å². The highest BCUT2D eigenvalue weighted by atomic mass is 32.2. The summed E-state index contributed by atoms with van der Waals surface area (Å²) in [5.41, 5.74) is -0.339. The van der Waals surface area contributed by atoms with Crippen molar-refractivity contribution in [3.05, 3.63) is 29.6 Å². The molecule has 0 radical (unpaired) electrons. The predicted molar refractivity (Wildman–Crippen MR) is 61.6 cm³/mol. The molecular formula is C11H9F4NO3S. The minimum absolute atomic E-state index is 0.339. The molecule has 0 heterocycles. The number of aliphatic hydroxyl groups is 1. The molecule has 110 valence electrons. The lowest BCUT2D eigenvalue weighted by molar-refractivity contribution is -0.121. The standard InChI is InChI=1S/C11H9F4NO3S/c12-9-3-4-10(8(6-9)2-1-5-17)20(18,19)16-7-11(13,14)15/h3-4,6,16-17H,5,7H2. The summed E-state index contributed by atoms with van der Waals surface area (Å²) in [6, 6.07) is 2.34. The van der Waals surface area contributed by atoms with Gasteiger partial charge in [-0.2, -0.15) is 13.2 Å². The second-order valence-corrected chi connectivity index (χ2v) is 5.28. The van der Waals surface area contributed by atoms with Crippen molar-refractivity contribution in [2.75, 3.05) is 13.2 Å². The SMILES string of the molecule is O=S(=O)(NCC(F)(F)F)c1ccc(F)cc1C#CCO. The van der Waals surface area contributed by atoms with E-state index in [1.165, 1.54) is 4.72 Å². The lowest BCUT2D eigenvalue weighted by atomic mass is 10.2. The van der Waals surface area contributed by atoms with Crippen LogP contribution >= 0.6 is 0 Å². The average molecular weight is 311 g/mol. The third-order valence-electron chi connectivity index (χ3n) is 2.00. The Kier molecular flexibility index (Phi) is 5.10. The molecule has 4 nitrogen and oxygen atoms in total. The first-order chi connectivity index (χ1) is 9.15. The number of benzene rings is 1. The van der Waals surface area contributed by atoms with Gasteiger partial charge in [-0.3, -0.25) is 0 Å². The maximum atomic E-state index is 13.0. The number of rotatable bonds is 3. The molecule has 0 aliphatic rings. The Hall–Kier alpha value is -1.63. The van der Waals surface area contributed by atoms with Crippen LogP contribution in [0.25, 0.3) is 0 Å². The van der Waals surface area contributed by atoms with Gasteiger partial charge in [0.05, 0.1) is 4.90 Å². The van der Waals surface area contributed by atoms with Gasteiger partial charge in [0, 0.05) is 5.56 Å². The Labute approximate surface area is 112 Å². The number of halogens is 4. The molecule has 0 aliphatic carbocycles. The smallest absolute Gasteiger partial charge is 0.384 e. The van der Waals surface area contributed by atoms with Crippen molar-refractivity contribution < 1.29 is 31.1 Å². The van der Waals surface area contributed by atoms with Crippen LogP contribution in [-0.2, 0) is 10.0 Å². The highest BCUT2D eigenvalue weighted by Crippen LogP contribution is 2.18. The van der Waals surface area contributed by atoms with E-state index in [4.69, 9.17) is 5.11 Å². The number of hydrogen-bond acceptors (Lipinski definition) is 3. The van der Waals surface area contributed by atoms with Crippen LogP contribution in [-0.4, -0.2) is 32.9 Å². The molecule has 1 aromatic rings. The lowest BCUT2D eigenvalue weighted by Crippen LogP contribution is -2.34. The molecule has 0 fully saturated rings.